The van der Waals surface area contributed by atoms with Crippen LogP contribution in [0.5, 0.6) is 0 Å². The molecule has 0 aliphatic carbocycles. The first-order valence-corrected chi connectivity index (χ1v) is 54.8. The number of H-pyrrole nitrogens is 1. The highest BCUT2D eigenvalue weighted by Gasteiger charge is 2.52. The van der Waals surface area contributed by atoms with Crippen molar-refractivity contribution in [1.29, 1.82) is 0 Å². The number of fused-ring (bicyclic) bond motifs is 6. The van der Waals surface area contributed by atoms with E-state index in [1.807, 2.05) is 6.92 Å². The maximum atomic E-state index is 15.1. The van der Waals surface area contributed by atoms with Crippen molar-refractivity contribution in [2.24, 2.45) is 0 Å². The molecule has 0 radical (unpaired) electrons. The van der Waals surface area contributed by atoms with Crippen molar-refractivity contribution in [3.63, 3.8) is 0 Å². The molecule has 12 aromatic heterocycles. The van der Waals surface area contributed by atoms with E-state index in [-0.39, 0.29) is 129 Å². The molecule has 13 N–H and O–H groups in total. The van der Waals surface area contributed by atoms with Crippen LogP contribution in [0.4, 0.5) is 35.0 Å². The molecule has 18 rings (SSSR count). The van der Waals surface area contributed by atoms with Crippen molar-refractivity contribution in [3.05, 3.63) is 80.0 Å². The van der Waals surface area contributed by atoms with E-state index < -0.39 is 190 Å². The van der Waals surface area contributed by atoms with Crippen LogP contribution in [0.3, 0.4) is 0 Å². The predicted molar refractivity (Wildman–Crippen MR) is 468 cm³/mol. The van der Waals surface area contributed by atoms with E-state index in [1.54, 1.807) is 4.57 Å². The SMILES string of the molecule is CC[C@H]1O[C@@H](n2cnc3c(N)ncnc32)CC1OP(=O)(S)OC[C@H]1O[C@@H](n2cnc3c(N)ncnc32)CC1OP(=O)(S)OC[C@H]1O[C@@H](n2cnc3c(N)ncnc32)CC1OP(=O)(S)OC[C@H]1O[C@@H](n2cnc3c(=O)[nH]c(N)nc32)CC1OP(=O)(S)OC[C@H]1O[C@@H](n2cnc3c(N)ncnc32)CC1OP(=O)(S)OC[C@H]1O[C@@H](n2cnc3c(N)ncnc32)CC1OP(=O)(S)OC. The van der Waals surface area contributed by atoms with Crippen LogP contribution in [0.2, 0.25) is 0 Å². The summed E-state index contributed by atoms with van der Waals surface area (Å²) in [7, 11) is 1.13. The Morgan fingerprint density at radius 3 is 0.791 bits per heavy atom. The Kier molecular flexibility index (Phi) is 26.3. The van der Waals surface area contributed by atoms with Crippen LogP contribution in [-0.4, -0.2) is 231 Å². The van der Waals surface area contributed by atoms with Crippen molar-refractivity contribution in [2.45, 2.75) is 162 Å². The predicted octanol–water partition coefficient (Wildman–Crippen LogP) is 7.22. The molecule has 6 aliphatic rings. The smallest absolute Gasteiger partial charge is 0.382 e. The summed E-state index contributed by atoms with van der Waals surface area (Å²) in [5.74, 6) is 0.0788. The molecule has 692 valence electrons. The van der Waals surface area contributed by atoms with Gasteiger partial charge in [0, 0.05) is 45.6 Å². The number of nitrogens with two attached hydrogens (primary N) is 6. The van der Waals surface area contributed by atoms with Gasteiger partial charge in [0.2, 0.25) is 5.95 Å². The second-order valence-corrected chi connectivity index (χ2v) is 47.0. The number of hydrogen-bond acceptors (Lipinski definition) is 48. The van der Waals surface area contributed by atoms with Crippen LogP contribution in [0.15, 0.2) is 74.4 Å². The number of rotatable bonds is 35. The minimum Gasteiger partial charge on any atom is -0.382 e. The van der Waals surface area contributed by atoms with E-state index in [0.29, 0.717) is 17.6 Å². The molecule has 0 aromatic carbocycles. The maximum Gasteiger partial charge on any atom is 0.386 e. The van der Waals surface area contributed by atoms with E-state index in [1.165, 1.54) is 92.4 Å². The van der Waals surface area contributed by atoms with E-state index in [2.05, 4.69) is 163 Å². The van der Waals surface area contributed by atoms with Crippen LogP contribution >= 0.6 is 114 Å². The van der Waals surface area contributed by atoms with Crippen LogP contribution < -0.4 is 40.0 Å². The Morgan fingerprint density at radius 2 is 0.550 bits per heavy atom. The summed E-state index contributed by atoms with van der Waals surface area (Å²) in [6.45, 7) is -28.7. The number of hydrogen-bond donors (Lipinski definition) is 13. The Hall–Kier alpha value is -7.34. The first kappa shape index (κ1) is 92.1. The Labute approximate surface area is 755 Å². The van der Waals surface area contributed by atoms with Gasteiger partial charge < -0.3 is 67.3 Å². The lowest BCUT2D eigenvalue weighted by atomic mass is 10.1. The Bertz CT molecular complexity index is 6610. The number of aromatic amines is 1. The average molecular weight is 2020 g/mol. The summed E-state index contributed by atoms with van der Waals surface area (Å²) in [5, 5.41) is 0. The second kappa shape index (κ2) is 36.8. The summed E-state index contributed by atoms with van der Waals surface area (Å²) in [5.41, 5.74) is 38.4. The first-order chi connectivity index (χ1) is 61.5. The van der Waals surface area contributed by atoms with Gasteiger partial charge >= 0.3 is 40.8 Å². The van der Waals surface area contributed by atoms with Gasteiger partial charge in [0.15, 0.2) is 68.5 Å². The van der Waals surface area contributed by atoms with E-state index in [0.717, 1.165) is 7.11 Å². The highest BCUT2D eigenvalue weighted by molar-refractivity contribution is 8.46. The summed E-state index contributed by atoms with van der Waals surface area (Å²) in [6.07, 6.45) is -6.35. The zero-order valence-electron chi connectivity index (χ0n) is 66.6. The van der Waals surface area contributed by atoms with Gasteiger partial charge in [0.05, 0.1) is 83.2 Å². The van der Waals surface area contributed by atoms with Crippen molar-refractivity contribution in [2.75, 3.05) is 74.5 Å². The fourth-order valence-electron chi connectivity index (χ4n) is 15.6. The lowest BCUT2D eigenvalue weighted by Crippen LogP contribution is -2.31. The third kappa shape index (κ3) is 19.7. The molecule has 6 fully saturated rings. The molecule has 0 spiro atoms. The maximum absolute atomic E-state index is 15.1. The van der Waals surface area contributed by atoms with Crippen molar-refractivity contribution in [1.82, 2.24) is 117 Å². The number of nitrogens with zero attached hydrogens (tertiary/aromatic N) is 23. The van der Waals surface area contributed by atoms with E-state index in [9.17, 15) is 23.1 Å². The molecule has 55 nitrogen and oxygen atoms in total. The standard InChI is InChI=1S/C62H78N30O25P6S6/c1-3-26-27(4-38(106-26)87-20-79-44-50(63)69-15-74-55(44)87)113-119(95,125)101-11-34-29(6-40(108-34)89-22-81-46-52(65)71-17-76-57(46)89)115-121(97,127)103-12-35-31(8-42(109-35)91-24-83-48-54(67)73-19-78-59(48)91)116-122(98,128)105-14-37-32(9-43(111-37)92-25-84-49-60(92)85-62(68)86-61(49)93)117-123(99,129)104-13-36-30(7-41(110-36)90-23-82-47-53(66)72-18-77-58(47)90)114-120(96,126)102-10-33-28(112-118(94,124)100-2)5-39(107-33)88-21-80-45-51(64)70-16-75-56(45)88/h15-43H,3-14H2,1-2H3,(H,94,124)(H,95,125)(H,96,126)(H,97,127)(H,98,128)(H,99,129)(H2,63,69,74)(H2,64,70,75)(H2,65,71,76)(H2,66,72,77)(H2,67,73,78)(H3,68,85,86,93)/t26-,27?,28?,29?,30?,31?,32?,33-,34-,35-,36-,37-,38-,39-,40-,41-,42-,43-,118?,119?,120?,121?,122?,123?/m1/s1. The minimum absolute atomic E-state index is 0.0172. The normalized spacial score (nSPS) is 29.1. The average Bonchev–Trinajstić information content (AvgIpc) is 1.65. The number of aromatic nitrogens is 24. The molecule has 12 aromatic rings. The minimum atomic E-state index is -4.78. The molecule has 129 heavy (non-hydrogen) atoms. The lowest BCUT2D eigenvalue weighted by molar-refractivity contribution is -0.0515. The first-order valence-electron chi connectivity index (χ1n) is 38.7. The summed E-state index contributed by atoms with van der Waals surface area (Å²) >= 11 is 26.2. The molecule has 0 bridgehead atoms. The molecule has 6 aliphatic heterocycles. The van der Waals surface area contributed by atoms with Gasteiger partial charge in [-0.3, -0.25) is 86.9 Å². The molecule has 67 heteroatoms. The van der Waals surface area contributed by atoms with Gasteiger partial charge in [0.1, 0.15) is 158 Å². The van der Waals surface area contributed by atoms with Crippen molar-refractivity contribution >= 4 is 216 Å². The van der Waals surface area contributed by atoms with E-state index >= 15 is 9.13 Å². The summed E-state index contributed by atoms with van der Waals surface area (Å²) in [4.78, 5) is 87.6. The topological polar surface area (TPSA) is 706 Å². The molecule has 24 atom stereocenters. The number of imidazole rings is 6. The third-order valence-electron chi connectivity index (χ3n) is 21.6. The summed E-state index contributed by atoms with van der Waals surface area (Å²) < 4.78 is 207. The highest BCUT2D eigenvalue weighted by Crippen LogP contribution is 2.64. The lowest BCUT2D eigenvalue weighted by Gasteiger charge is -2.27. The molecule has 0 saturated carbocycles. The van der Waals surface area contributed by atoms with Gasteiger partial charge in [0.25, 0.3) is 5.56 Å². The summed E-state index contributed by atoms with van der Waals surface area (Å²) in [6, 6.07) is 0. The molecule has 6 saturated heterocycles. The fourth-order valence-corrected chi connectivity index (χ4v) is 24.3. The number of thiol groups is 6. The third-order valence-corrected chi connectivity index (χ3v) is 31.6. The number of nitrogens with one attached hydrogen (secondary N) is 1. The monoisotopic (exact) mass is 2020 g/mol. The number of ether oxygens (including phenoxy) is 6. The van der Waals surface area contributed by atoms with Crippen LogP contribution in [0, 0.1) is 0 Å². The zero-order valence-corrected chi connectivity index (χ0v) is 77.3. The fraction of sp³-hybridized carbons (Fsp3) is 0.516. The Balaban J connectivity index is 0.569. The van der Waals surface area contributed by atoms with Gasteiger partial charge in [-0.2, -0.15) is 4.98 Å². The van der Waals surface area contributed by atoms with Gasteiger partial charge in [-0.15, -0.1) is 0 Å². The molecular formula is C62H78N30O25P6S6. The molecule has 18 heterocycles. The molecule has 12 unspecified atom stereocenters. The van der Waals surface area contributed by atoms with Gasteiger partial charge in [-0.25, -0.2) is 107 Å². The Morgan fingerprint density at radius 1 is 0.333 bits per heavy atom. The van der Waals surface area contributed by atoms with Crippen LogP contribution in [0.25, 0.3) is 67.0 Å². The van der Waals surface area contributed by atoms with Crippen molar-refractivity contribution < 1.29 is 110 Å². The quantitative estimate of drug-likeness (QED) is 0.0138. The van der Waals surface area contributed by atoms with E-state index in [4.69, 9.17) is 117 Å². The van der Waals surface area contributed by atoms with Crippen molar-refractivity contribution in [3.8, 4) is 0 Å². The molecular weight excluding hydrogens is 1940 g/mol. The van der Waals surface area contributed by atoms with Crippen LogP contribution in [0.1, 0.15) is 89.2 Å². The van der Waals surface area contributed by atoms with Gasteiger partial charge in [-0.05, 0) is 6.42 Å². The van der Waals surface area contributed by atoms with Crippen LogP contribution in [-0.2, 0) is 110 Å². The zero-order chi connectivity index (χ0) is 90.5. The largest absolute Gasteiger partial charge is 0.386 e. The van der Waals surface area contributed by atoms with Gasteiger partial charge in [-0.1, -0.05) is 80.4 Å². The molecule has 0 amide bonds. The number of nitrogen functional groups attached to an aromatic ring is 6. The second-order valence-electron chi connectivity index (χ2n) is 29.6. The number of anilines is 6. The highest BCUT2D eigenvalue weighted by atomic mass is 32.7.